The second kappa shape index (κ2) is 9.99. The Balaban J connectivity index is 0. The zero-order chi connectivity index (χ0) is 9.28. The van der Waals surface area contributed by atoms with Gasteiger partial charge in [0.05, 0.1) is 0 Å². The van der Waals surface area contributed by atoms with Gasteiger partial charge in [0, 0.05) is 0 Å². The summed E-state index contributed by atoms with van der Waals surface area (Å²) in [4.78, 5) is 10.5. The number of carbonyl (C=O) groups is 1. The van der Waals surface area contributed by atoms with E-state index < -0.39 is 0 Å². The molecule has 0 aromatic carbocycles. The molecule has 0 fully saturated rings. The third-order valence-corrected chi connectivity index (χ3v) is 2.16. The van der Waals surface area contributed by atoms with E-state index in [0.29, 0.717) is 16.7 Å². The van der Waals surface area contributed by atoms with Crippen molar-refractivity contribution in [1.82, 2.24) is 5.48 Å². The Hall–Kier alpha value is -0.0117. The molecule has 0 radical (unpaired) electrons. The summed E-state index contributed by atoms with van der Waals surface area (Å²) in [6.07, 6.45) is 1.37. The first-order valence-corrected chi connectivity index (χ1v) is 4.95. The van der Waals surface area contributed by atoms with Crippen LogP contribution in [0.2, 0.25) is 0 Å². The summed E-state index contributed by atoms with van der Waals surface area (Å²) in [7, 11) is 0. The normalized spacial score (nSPS) is 7.64. The van der Waals surface area contributed by atoms with Gasteiger partial charge in [0.15, 0.2) is 0 Å². The van der Waals surface area contributed by atoms with E-state index in [0.717, 1.165) is 19.4 Å². The second-order valence-electron chi connectivity index (χ2n) is 1.47. The van der Waals surface area contributed by atoms with Crippen molar-refractivity contribution in [2.75, 3.05) is 0 Å². The summed E-state index contributed by atoms with van der Waals surface area (Å²) < 4.78 is 0.688. The van der Waals surface area contributed by atoms with Crippen LogP contribution in [0.25, 0.3) is 0 Å². The van der Waals surface area contributed by atoms with Crippen LogP contribution in [0.15, 0.2) is 0 Å². The fourth-order valence-corrected chi connectivity index (χ4v) is 1.02. The fraction of sp³-hybridized carbons (Fsp3) is 0.571. The van der Waals surface area contributed by atoms with Gasteiger partial charge < -0.3 is 0 Å². The van der Waals surface area contributed by atoms with E-state index in [1.807, 2.05) is 13.8 Å². The summed E-state index contributed by atoms with van der Waals surface area (Å²) in [5, 5.41) is 8.10. The Bertz CT molecular complexity index is 126. The standard InChI is InChI=1S/C5H8NO2.C2H6.W/c1-2-3-4-5(7)6-8;1-2;/h8H,1-3H2,(H,6,7);1-2H3;/q-1;;. The number of carbonyl (C=O) groups excluding carboxylic acids is 1. The van der Waals surface area contributed by atoms with Gasteiger partial charge in [0.1, 0.15) is 0 Å². The van der Waals surface area contributed by atoms with Crippen LogP contribution in [0.1, 0.15) is 26.7 Å². The van der Waals surface area contributed by atoms with E-state index >= 15 is 0 Å². The molecule has 1 amide bonds. The maximum absolute atomic E-state index is 10.5. The van der Waals surface area contributed by atoms with Gasteiger partial charge in [-0.1, -0.05) is 13.8 Å². The van der Waals surface area contributed by atoms with Gasteiger partial charge in [-0.25, -0.2) is 0 Å². The molecule has 0 aromatic heterocycles. The molecule has 0 saturated heterocycles. The number of amides is 1. The third kappa shape index (κ3) is 7.89. The van der Waals surface area contributed by atoms with Crippen LogP contribution in [0.5, 0.6) is 0 Å². The van der Waals surface area contributed by atoms with Crippen LogP contribution in [0.4, 0.5) is 0 Å². The Morgan fingerprint density at radius 1 is 1.64 bits per heavy atom. The van der Waals surface area contributed by atoms with E-state index in [4.69, 9.17) is 5.21 Å². The molecule has 0 saturated carbocycles. The summed E-state index contributed by atoms with van der Waals surface area (Å²) in [6, 6.07) is 0. The molecule has 3 nitrogen and oxygen atoms in total. The molecule has 0 aliphatic heterocycles. The van der Waals surface area contributed by atoms with Crippen molar-refractivity contribution in [2.45, 2.75) is 26.7 Å². The number of hydrogen-bond donors (Lipinski definition) is 2. The van der Waals surface area contributed by atoms with Gasteiger partial charge in [-0.2, -0.15) is 0 Å². The van der Waals surface area contributed by atoms with Crippen molar-refractivity contribution in [3.63, 3.8) is 0 Å². The van der Waals surface area contributed by atoms with Crippen LogP contribution in [-0.2, 0) is 24.1 Å². The Morgan fingerprint density at radius 2 is 2.09 bits per heavy atom. The number of nitrogens with one attached hydrogen (secondary N) is 1. The molecule has 0 spiro atoms. The van der Waals surface area contributed by atoms with Gasteiger partial charge in [-0.3, -0.25) is 0 Å². The van der Waals surface area contributed by atoms with Crippen LogP contribution in [0.3, 0.4) is 0 Å². The molecular formula is C7H14NO2W-. The fourth-order valence-electron chi connectivity index (χ4n) is 0.336. The molecule has 0 bridgehead atoms. The average Bonchev–Trinajstić information content (AvgIpc) is 2.07. The topological polar surface area (TPSA) is 49.3 Å². The quantitative estimate of drug-likeness (QED) is 0.459. The summed E-state index contributed by atoms with van der Waals surface area (Å²) in [5.74, 6) is -0.381. The molecule has 11 heavy (non-hydrogen) atoms. The van der Waals surface area contributed by atoms with Crippen LogP contribution < -0.4 is 5.48 Å². The minimum absolute atomic E-state index is 0.381. The first kappa shape index (κ1) is 13.6. The van der Waals surface area contributed by atoms with Crippen molar-refractivity contribution in [3.8, 4) is 0 Å². The monoisotopic (exact) mass is 328 g/mol. The van der Waals surface area contributed by atoms with Gasteiger partial charge >= 0.3 is 64.4 Å². The van der Waals surface area contributed by atoms with Crippen molar-refractivity contribution >= 4 is 9.81 Å². The molecule has 4 heteroatoms. The molecule has 0 atom stereocenters. The van der Waals surface area contributed by atoms with E-state index in [-0.39, 0.29) is 5.91 Å². The molecule has 0 aromatic rings. The predicted molar refractivity (Wildman–Crippen MR) is 40.9 cm³/mol. The Kier molecular flexibility index (Phi) is 12.3. The summed E-state index contributed by atoms with van der Waals surface area (Å²) in [6.45, 7) is 7.57. The molecule has 0 aliphatic rings. The predicted octanol–water partition coefficient (Wildman–Crippen LogP) is 0.851. The molecule has 2 N–H and O–H groups in total. The van der Waals surface area contributed by atoms with Gasteiger partial charge in [-0.15, -0.1) is 0 Å². The van der Waals surface area contributed by atoms with Crippen LogP contribution in [0, 0.1) is 6.92 Å². The summed E-state index contributed by atoms with van der Waals surface area (Å²) >= 11 is 1.08. The molecular weight excluding hydrogens is 314 g/mol. The van der Waals surface area contributed by atoms with Crippen LogP contribution in [-0.4, -0.2) is 15.0 Å². The minimum atomic E-state index is -0.381. The second-order valence-corrected chi connectivity index (χ2v) is 3.24. The first-order valence-electron chi connectivity index (χ1n) is 3.49. The molecule has 0 heterocycles. The SMILES string of the molecule is CC.[CH2-]CC[C](=[W])C(=O)NO. The zero-order valence-corrected chi connectivity index (χ0v) is 9.82. The first-order chi connectivity index (χ1) is 5.22. The molecule has 0 unspecified atom stereocenters. The van der Waals surface area contributed by atoms with E-state index in [2.05, 4.69) is 6.92 Å². The Labute approximate surface area is 78.5 Å². The number of hydroxylamine groups is 1. The van der Waals surface area contributed by atoms with Gasteiger partial charge in [0.2, 0.25) is 0 Å². The van der Waals surface area contributed by atoms with Crippen molar-refractivity contribution < 1.29 is 29.4 Å². The molecule has 0 aliphatic carbocycles. The van der Waals surface area contributed by atoms with E-state index in [9.17, 15) is 4.79 Å². The molecule has 66 valence electrons. The maximum atomic E-state index is 10.5. The number of rotatable bonds is 3. The third-order valence-electron chi connectivity index (χ3n) is 0.759. The molecule has 0 rings (SSSR count). The van der Waals surface area contributed by atoms with Gasteiger partial charge in [0.25, 0.3) is 0 Å². The average molecular weight is 328 g/mol. The Morgan fingerprint density at radius 3 is 2.36 bits per heavy atom. The van der Waals surface area contributed by atoms with Crippen molar-refractivity contribution in [2.24, 2.45) is 0 Å². The van der Waals surface area contributed by atoms with E-state index in [1.165, 1.54) is 0 Å². The van der Waals surface area contributed by atoms with Gasteiger partial charge in [-0.05, 0) is 0 Å². The summed E-state index contributed by atoms with van der Waals surface area (Å²) in [5.41, 5.74) is 1.57. The number of hydrogen-bond acceptors (Lipinski definition) is 2. The van der Waals surface area contributed by atoms with E-state index in [1.54, 1.807) is 5.48 Å². The van der Waals surface area contributed by atoms with Crippen molar-refractivity contribution in [3.05, 3.63) is 6.92 Å². The zero-order valence-electron chi connectivity index (χ0n) is 6.89. The van der Waals surface area contributed by atoms with Crippen LogP contribution >= 0.6 is 0 Å². The van der Waals surface area contributed by atoms with Crippen molar-refractivity contribution in [1.29, 1.82) is 0 Å².